The van der Waals surface area contributed by atoms with Gasteiger partial charge >= 0.3 is 0 Å². The van der Waals surface area contributed by atoms with E-state index in [0.717, 1.165) is 45.5 Å². The van der Waals surface area contributed by atoms with Gasteiger partial charge in [-0.15, -0.1) is 0 Å². The summed E-state index contributed by atoms with van der Waals surface area (Å²) in [5, 5.41) is 12.7. The lowest BCUT2D eigenvalue weighted by Gasteiger charge is -2.17. The van der Waals surface area contributed by atoms with Gasteiger partial charge in [-0.25, -0.2) is 0 Å². The Balaban J connectivity index is 1.89. The number of nitrogens with one attached hydrogen (secondary N) is 1. The van der Waals surface area contributed by atoms with Crippen LogP contribution in [0.4, 0.5) is 5.69 Å². The minimum absolute atomic E-state index is 0.0724. The van der Waals surface area contributed by atoms with Crippen molar-refractivity contribution in [3.05, 3.63) is 88.5 Å². The molecule has 0 radical (unpaired) electrons. The monoisotopic (exact) mass is 478 g/mol. The Labute approximate surface area is 216 Å². The number of carbonyl (C=O) groups excluding carboxylic acids is 1. The van der Waals surface area contributed by atoms with Gasteiger partial charge in [-0.1, -0.05) is 88.1 Å². The van der Waals surface area contributed by atoms with Crippen LogP contribution in [0, 0.1) is 24.2 Å². The molecule has 3 heteroatoms. The number of benzene rings is 3. The molecule has 0 atom stereocenters. The predicted octanol–water partition coefficient (Wildman–Crippen LogP) is 8.81. The molecule has 0 saturated heterocycles. The van der Waals surface area contributed by atoms with Gasteiger partial charge in [-0.3, -0.25) is 4.79 Å². The molecule has 0 aliphatic heterocycles. The maximum Gasteiger partial charge on any atom is 0.221 e. The lowest BCUT2D eigenvalue weighted by Crippen LogP contribution is -2.06. The van der Waals surface area contributed by atoms with Crippen LogP contribution in [0.15, 0.2) is 60.7 Å². The fourth-order valence-electron chi connectivity index (χ4n) is 4.96. The van der Waals surface area contributed by atoms with E-state index < -0.39 is 0 Å². The summed E-state index contributed by atoms with van der Waals surface area (Å²) < 4.78 is 0. The quantitative estimate of drug-likeness (QED) is 0.296. The largest absolute Gasteiger partial charge is 0.326 e. The first-order valence-electron chi connectivity index (χ1n) is 13.1. The number of hydrogen-bond acceptors (Lipinski definition) is 2. The van der Waals surface area contributed by atoms with Crippen molar-refractivity contribution in [1.29, 1.82) is 5.26 Å². The molecule has 3 rings (SSSR count). The summed E-state index contributed by atoms with van der Waals surface area (Å²) in [5.74, 6) is 0.570. The molecule has 0 bridgehead atoms. The Kier molecular flexibility index (Phi) is 9.65. The molecule has 1 N–H and O–H groups in total. The molecule has 3 aromatic rings. The van der Waals surface area contributed by atoms with E-state index >= 15 is 0 Å². The molecule has 0 aliphatic carbocycles. The van der Waals surface area contributed by atoms with Crippen LogP contribution in [-0.2, 0) is 11.2 Å². The third-order valence-corrected chi connectivity index (χ3v) is 6.85. The van der Waals surface area contributed by atoms with Crippen LogP contribution in [0.1, 0.15) is 81.2 Å². The maximum absolute atomic E-state index is 11.3. The minimum atomic E-state index is -0.0724. The average Bonchev–Trinajstić information content (AvgIpc) is 2.86. The third kappa shape index (κ3) is 6.95. The van der Waals surface area contributed by atoms with E-state index in [4.69, 9.17) is 0 Å². The van der Waals surface area contributed by atoms with Crippen LogP contribution < -0.4 is 5.32 Å². The van der Waals surface area contributed by atoms with E-state index in [-0.39, 0.29) is 5.91 Å². The minimum Gasteiger partial charge on any atom is -0.326 e. The van der Waals surface area contributed by atoms with Crippen LogP contribution in [-0.4, -0.2) is 5.91 Å². The summed E-state index contributed by atoms with van der Waals surface area (Å²) >= 11 is 0. The Hall–Kier alpha value is -3.64. The lowest BCUT2D eigenvalue weighted by atomic mass is 9.87. The molecule has 0 unspecified atom stereocenters. The number of allylic oxidation sites excluding steroid dienone is 1. The number of rotatable bonds is 10. The Morgan fingerprint density at radius 2 is 1.69 bits per heavy atom. The first kappa shape index (κ1) is 27.0. The molecule has 3 nitrogen and oxygen atoms in total. The number of nitrogens with zero attached hydrogens (tertiary/aromatic N) is 1. The number of nitriles is 1. The fraction of sp³-hybridized carbons (Fsp3) is 0.333. The highest BCUT2D eigenvalue weighted by Gasteiger charge is 2.13. The van der Waals surface area contributed by atoms with Crippen LogP contribution >= 0.6 is 0 Å². The SMILES string of the molecule is CCCC(CCC)Cc1ccc(-c2cccc(/C=C(\C)c3ccc(NC(C)=O)cc3)c2C)cc1C#N. The third-order valence-electron chi connectivity index (χ3n) is 6.85. The molecule has 0 fully saturated rings. The van der Waals surface area contributed by atoms with Crippen molar-refractivity contribution in [3.8, 4) is 17.2 Å². The molecule has 0 spiro atoms. The summed E-state index contributed by atoms with van der Waals surface area (Å²) in [6, 6.07) is 23.1. The molecule has 36 heavy (non-hydrogen) atoms. The average molecular weight is 479 g/mol. The molecule has 186 valence electrons. The van der Waals surface area contributed by atoms with Gasteiger partial charge in [0, 0.05) is 12.6 Å². The van der Waals surface area contributed by atoms with Gasteiger partial charge < -0.3 is 5.32 Å². The van der Waals surface area contributed by atoms with Gasteiger partial charge in [-0.05, 0) is 83.3 Å². The summed E-state index contributed by atoms with van der Waals surface area (Å²) in [4.78, 5) is 11.3. The van der Waals surface area contributed by atoms with Gasteiger partial charge in [0.15, 0.2) is 0 Å². The zero-order chi connectivity index (χ0) is 26.1. The molecule has 3 aromatic carbocycles. The summed E-state index contributed by atoms with van der Waals surface area (Å²) in [6.45, 7) is 10.2. The van der Waals surface area contributed by atoms with Crippen molar-refractivity contribution in [2.24, 2.45) is 5.92 Å². The van der Waals surface area contributed by atoms with Gasteiger partial charge in [-0.2, -0.15) is 5.26 Å². The molecular formula is C33H38N2O. The van der Waals surface area contributed by atoms with Crippen molar-refractivity contribution in [1.82, 2.24) is 0 Å². The molecular weight excluding hydrogens is 440 g/mol. The molecule has 1 amide bonds. The fourth-order valence-corrected chi connectivity index (χ4v) is 4.96. The smallest absolute Gasteiger partial charge is 0.221 e. The van der Waals surface area contributed by atoms with Crippen LogP contribution in [0.25, 0.3) is 22.8 Å². The molecule has 0 aromatic heterocycles. The van der Waals surface area contributed by atoms with Crippen molar-refractivity contribution in [2.75, 3.05) is 5.32 Å². The van der Waals surface area contributed by atoms with E-state index in [1.165, 1.54) is 43.7 Å². The highest BCUT2D eigenvalue weighted by atomic mass is 16.1. The summed E-state index contributed by atoms with van der Waals surface area (Å²) in [6.07, 6.45) is 7.97. The van der Waals surface area contributed by atoms with Gasteiger partial charge in [0.25, 0.3) is 0 Å². The Bertz CT molecular complexity index is 1260. The summed E-state index contributed by atoms with van der Waals surface area (Å²) in [5.41, 5.74) is 9.60. The van der Waals surface area contributed by atoms with Crippen molar-refractivity contribution in [3.63, 3.8) is 0 Å². The molecule has 0 heterocycles. The zero-order valence-corrected chi connectivity index (χ0v) is 22.3. The van der Waals surface area contributed by atoms with E-state index in [1.807, 2.05) is 24.3 Å². The normalized spacial score (nSPS) is 11.4. The van der Waals surface area contributed by atoms with Gasteiger partial charge in [0.1, 0.15) is 0 Å². The second-order valence-electron chi connectivity index (χ2n) is 9.74. The Morgan fingerprint density at radius 1 is 1.00 bits per heavy atom. The van der Waals surface area contributed by atoms with E-state index in [2.05, 4.69) is 81.6 Å². The van der Waals surface area contributed by atoms with Gasteiger partial charge in [0.05, 0.1) is 11.6 Å². The first-order valence-corrected chi connectivity index (χ1v) is 13.1. The lowest BCUT2D eigenvalue weighted by molar-refractivity contribution is -0.114. The number of anilines is 1. The Morgan fingerprint density at radius 3 is 2.31 bits per heavy atom. The van der Waals surface area contributed by atoms with Crippen molar-refractivity contribution in [2.45, 2.75) is 66.7 Å². The maximum atomic E-state index is 11.3. The van der Waals surface area contributed by atoms with E-state index in [1.54, 1.807) is 0 Å². The van der Waals surface area contributed by atoms with Crippen LogP contribution in [0.5, 0.6) is 0 Å². The highest BCUT2D eigenvalue weighted by Crippen LogP contribution is 2.31. The highest BCUT2D eigenvalue weighted by molar-refractivity contribution is 5.89. The second-order valence-corrected chi connectivity index (χ2v) is 9.74. The molecule has 0 saturated carbocycles. The topological polar surface area (TPSA) is 52.9 Å². The predicted molar refractivity (Wildman–Crippen MR) is 153 cm³/mol. The van der Waals surface area contributed by atoms with E-state index in [0.29, 0.717) is 5.92 Å². The molecule has 0 aliphatic rings. The number of amides is 1. The van der Waals surface area contributed by atoms with E-state index in [9.17, 15) is 10.1 Å². The van der Waals surface area contributed by atoms with Gasteiger partial charge in [0.2, 0.25) is 5.91 Å². The van der Waals surface area contributed by atoms with Crippen LogP contribution in [0.2, 0.25) is 0 Å². The first-order chi connectivity index (χ1) is 17.4. The summed E-state index contributed by atoms with van der Waals surface area (Å²) in [7, 11) is 0. The van der Waals surface area contributed by atoms with Crippen LogP contribution in [0.3, 0.4) is 0 Å². The second kappa shape index (κ2) is 12.9. The number of hydrogen-bond donors (Lipinski definition) is 1. The number of carbonyl (C=O) groups is 1. The van der Waals surface area contributed by atoms with Crippen molar-refractivity contribution < 1.29 is 4.79 Å². The zero-order valence-electron chi connectivity index (χ0n) is 22.3. The standard InChI is InChI=1S/C33H38N2O/c1-6-9-26(10-7-2)20-29-13-14-30(21-31(29)22-34)33-12-8-11-28(24(33)4)19-23(3)27-15-17-32(18-16-27)35-25(5)36/h8,11-19,21,26H,6-7,9-10,20H2,1-5H3,(H,35,36)/b23-19+. The van der Waals surface area contributed by atoms with Crippen molar-refractivity contribution >= 4 is 23.2 Å².